The van der Waals surface area contributed by atoms with Gasteiger partial charge >= 0.3 is 0 Å². The van der Waals surface area contributed by atoms with Crippen LogP contribution in [0.3, 0.4) is 0 Å². The zero-order valence-electron chi connectivity index (χ0n) is 7.29. The molecule has 1 rings (SSSR count). The molecule has 0 bridgehead atoms. The molecular formula is C11H15N. The second kappa shape index (κ2) is 5.62. The monoisotopic (exact) mass is 161 g/mol. The third kappa shape index (κ3) is 3.41. The van der Waals surface area contributed by atoms with Crippen LogP contribution in [-0.2, 0) is 0 Å². The van der Waals surface area contributed by atoms with E-state index in [9.17, 15) is 0 Å². The second-order valence-corrected chi connectivity index (χ2v) is 2.89. The normalized spacial score (nSPS) is 22.2. The molecule has 0 radical (unpaired) electrons. The minimum atomic E-state index is 0.473. The molecule has 0 saturated heterocycles. The molecule has 1 aliphatic rings. The quantitative estimate of drug-likeness (QED) is 0.461. The SMILES string of the molecule is NCC=CC#CC1C=CCCC1. The lowest BCUT2D eigenvalue weighted by Gasteiger charge is -2.08. The zero-order valence-corrected chi connectivity index (χ0v) is 7.29. The summed E-state index contributed by atoms with van der Waals surface area (Å²) in [5.41, 5.74) is 5.28. The second-order valence-electron chi connectivity index (χ2n) is 2.89. The van der Waals surface area contributed by atoms with Crippen LogP contribution in [0.25, 0.3) is 0 Å². The molecular weight excluding hydrogens is 146 g/mol. The van der Waals surface area contributed by atoms with Crippen LogP contribution in [0.2, 0.25) is 0 Å². The number of hydrogen-bond donors (Lipinski definition) is 1. The highest BCUT2D eigenvalue weighted by molar-refractivity contribution is 5.20. The van der Waals surface area contributed by atoms with Gasteiger partial charge < -0.3 is 5.73 Å². The lowest BCUT2D eigenvalue weighted by molar-refractivity contribution is 0.645. The van der Waals surface area contributed by atoms with Gasteiger partial charge in [-0.05, 0) is 25.3 Å². The summed E-state index contributed by atoms with van der Waals surface area (Å²) in [5.74, 6) is 6.64. The minimum absolute atomic E-state index is 0.473. The van der Waals surface area contributed by atoms with E-state index >= 15 is 0 Å². The van der Waals surface area contributed by atoms with Crippen molar-refractivity contribution in [3.63, 3.8) is 0 Å². The van der Waals surface area contributed by atoms with Crippen LogP contribution in [-0.4, -0.2) is 6.54 Å². The Kier molecular flexibility index (Phi) is 4.26. The molecule has 0 heterocycles. The van der Waals surface area contributed by atoms with E-state index < -0.39 is 0 Å². The van der Waals surface area contributed by atoms with E-state index in [-0.39, 0.29) is 0 Å². The van der Waals surface area contributed by atoms with Crippen molar-refractivity contribution in [3.8, 4) is 11.8 Å². The summed E-state index contributed by atoms with van der Waals surface area (Å²) in [6.45, 7) is 0.579. The summed E-state index contributed by atoms with van der Waals surface area (Å²) in [6, 6.07) is 0. The highest BCUT2D eigenvalue weighted by Gasteiger charge is 2.02. The van der Waals surface area contributed by atoms with Crippen molar-refractivity contribution in [1.29, 1.82) is 0 Å². The first-order chi connectivity index (χ1) is 5.93. The van der Waals surface area contributed by atoms with Gasteiger partial charge in [0.15, 0.2) is 0 Å². The van der Waals surface area contributed by atoms with Crippen LogP contribution < -0.4 is 5.73 Å². The lowest BCUT2D eigenvalue weighted by atomic mass is 9.97. The van der Waals surface area contributed by atoms with E-state index in [1.807, 2.05) is 12.2 Å². The van der Waals surface area contributed by atoms with Crippen LogP contribution in [0, 0.1) is 17.8 Å². The summed E-state index contributed by atoms with van der Waals surface area (Å²) < 4.78 is 0. The van der Waals surface area contributed by atoms with E-state index in [0.29, 0.717) is 12.5 Å². The van der Waals surface area contributed by atoms with Crippen molar-refractivity contribution in [2.24, 2.45) is 11.7 Å². The van der Waals surface area contributed by atoms with Gasteiger partial charge in [-0.2, -0.15) is 0 Å². The fourth-order valence-corrected chi connectivity index (χ4v) is 1.21. The van der Waals surface area contributed by atoms with Gasteiger partial charge in [-0.15, -0.1) is 0 Å². The van der Waals surface area contributed by atoms with Gasteiger partial charge in [-0.3, -0.25) is 0 Å². The van der Waals surface area contributed by atoms with Gasteiger partial charge in [0.05, 0.1) is 0 Å². The molecule has 0 aliphatic heterocycles. The summed E-state index contributed by atoms with van der Waals surface area (Å²) in [6.07, 6.45) is 11.8. The maximum absolute atomic E-state index is 5.28. The first kappa shape index (κ1) is 9.09. The number of hydrogen-bond acceptors (Lipinski definition) is 1. The average molecular weight is 161 g/mol. The molecule has 64 valence electrons. The van der Waals surface area contributed by atoms with Crippen molar-refractivity contribution >= 4 is 0 Å². The Labute approximate surface area is 74.3 Å². The number of allylic oxidation sites excluding steroid dienone is 3. The van der Waals surface area contributed by atoms with E-state index in [1.165, 1.54) is 19.3 Å². The predicted octanol–water partition coefficient (Wildman–Crippen LogP) is 1.86. The van der Waals surface area contributed by atoms with Crippen LogP contribution in [0.15, 0.2) is 24.3 Å². The van der Waals surface area contributed by atoms with E-state index in [4.69, 9.17) is 5.73 Å². The van der Waals surface area contributed by atoms with E-state index in [1.54, 1.807) is 0 Å². The first-order valence-corrected chi connectivity index (χ1v) is 4.46. The van der Waals surface area contributed by atoms with Crippen LogP contribution in [0.4, 0.5) is 0 Å². The summed E-state index contributed by atoms with van der Waals surface area (Å²) in [5, 5.41) is 0. The molecule has 0 aromatic carbocycles. The molecule has 1 heteroatoms. The summed E-state index contributed by atoms with van der Waals surface area (Å²) in [4.78, 5) is 0. The molecule has 1 nitrogen and oxygen atoms in total. The van der Waals surface area contributed by atoms with E-state index in [2.05, 4.69) is 24.0 Å². The lowest BCUT2D eigenvalue weighted by Crippen LogP contribution is -1.96. The standard InChI is InChI=1S/C11H15N/c12-10-6-2-5-9-11-7-3-1-4-8-11/h2-3,6-7,11H,1,4,8,10,12H2. The van der Waals surface area contributed by atoms with E-state index in [0.717, 1.165) is 0 Å². The molecule has 12 heavy (non-hydrogen) atoms. The van der Waals surface area contributed by atoms with Gasteiger partial charge in [0, 0.05) is 12.5 Å². The summed E-state index contributed by atoms with van der Waals surface area (Å²) >= 11 is 0. The fraction of sp³-hybridized carbons (Fsp3) is 0.455. The first-order valence-electron chi connectivity index (χ1n) is 4.46. The third-order valence-electron chi connectivity index (χ3n) is 1.86. The smallest absolute Gasteiger partial charge is 0.0386 e. The molecule has 1 unspecified atom stereocenters. The van der Waals surface area contributed by atoms with Crippen molar-refractivity contribution in [1.82, 2.24) is 0 Å². The topological polar surface area (TPSA) is 26.0 Å². The van der Waals surface area contributed by atoms with Gasteiger partial charge in [0.25, 0.3) is 0 Å². The minimum Gasteiger partial charge on any atom is -0.327 e. The molecule has 0 spiro atoms. The highest BCUT2D eigenvalue weighted by atomic mass is 14.5. The average Bonchev–Trinajstić information content (AvgIpc) is 2.14. The molecule has 2 N–H and O–H groups in total. The highest BCUT2D eigenvalue weighted by Crippen LogP contribution is 2.15. The van der Waals surface area contributed by atoms with Crippen molar-refractivity contribution in [3.05, 3.63) is 24.3 Å². The molecule has 0 aromatic heterocycles. The Morgan fingerprint density at radius 3 is 3.17 bits per heavy atom. The third-order valence-corrected chi connectivity index (χ3v) is 1.86. The van der Waals surface area contributed by atoms with Crippen LogP contribution in [0.5, 0.6) is 0 Å². The Morgan fingerprint density at radius 1 is 1.58 bits per heavy atom. The van der Waals surface area contributed by atoms with Gasteiger partial charge in [0.1, 0.15) is 0 Å². The van der Waals surface area contributed by atoms with Gasteiger partial charge in [-0.25, -0.2) is 0 Å². The summed E-state index contributed by atoms with van der Waals surface area (Å²) in [7, 11) is 0. The number of nitrogens with two attached hydrogens (primary N) is 1. The fourth-order valence-electron chi connectivity index (χ4n) is 1.21. The molecule has 1 aliphatic carbocycles. The predicted molar refractivity (Wildman–Crippen MR) is 52.5 cm³/mol. The molecule has 0 fully saturated rings. The molecule has 0 saturated carbocycles. The zero-order chi connectivity index (χ0) is 8.65. The Morgan fingerprint density at radius 2 is 2.50 bits per heavy atom. The maximum Gasteiger partial charge on any atom is 0.0386 e. The Balaban J connectivity index is 2.36. The molecule has 0 amide bonds. The Bertz CT molecular complexity index is 227. The van der Waals surface area contributed by atoms with Crippen molar-refractivity contribution in [2.45, 2.75) is 19.3 Å². The molecule has 0 aromatic rings. The number of rotatable bonds is 1. The Hall–Kier alpha value is -1.00. The van der Waals surface area contributed by atoms with Gasteiger partial charge in [0.2, 0.25) is 0 Å². The van der Waals surface area contributed by atoms with Crippen molar-refractivity contribution < 1.29 is 0 Å². The van der Waals surface area contributed by atoms with Crippen LogP contribution >= 0.6 is 0 Å². The van der Waals surface area contributed by atoms with Crippen molar-refractivity contribution in [2.75, 3.05) is 6.54 Å². The van der Waals surface area contributed by atoms with Crippen LogP contribution in [0.1, 0.15) is 19.3 Å². The largest absolute Gasteiger partial charge is 0.327 e. The van der Waals surface area contributed by atoms with Gasteiger partial charge in [-0.1, -0.05) is 30.1 Å². The molecule has 1 atom stereocenters. The maximum atomic E-state index is 5.28.